The van der Waals surface area contributed by atoms with Crippen LogP contribution >= 0.6 is 11.3 Å². The third-order valence-electron chi connectivity index (χ3n) is 5.25. The molecule has 4 rings (SSSR count). The lowest BCUT2D eigenvalue weighted by Crippen LogP contribution is -2.44. The molecule has 0 fully saturated rings. The minimum absolute atomic E-state index is 0.221. The van der Waals surface area contributed by atoms with Crippen LogP contribution in [-0.4, -0.2) is 28.0 Å². The minimum Gasteiger partial charge on any atom is -0.480 e. The first kappa shape index (κ1) is 23.3. The van der Waals surface area contributed by atoms with Gasteiger partial charge in [-0.15, -0.1) is 0 Å². The fourth-order valence-corrected chi connectivity index (χ4v) is 4.34. The molecule has 34 heavy (non-hydrogen) atoms. The monoisotopic (exact) mass is 481 g/mol. The van der Waals surface area contributed by atoms with Gasteiger partial charge in [-0.05, 0) is 59.5 Å². The summed E-state index contributed by atoms with van der Waals surface area (Å²) in [5, 5.41) is 15.4. The van der Waals surface area contributed by atoms with Crippen molar-refractivity contribution in [2.24, 2.45) is 5.92 Å². The molecular formula is C25H21F2N3O3S. The normalized spacial score (nSPS) is 12.0. The summed E-state index contributed by atoms with van der Waals surface area (Å²) in [6.07, 6.45) is 0. The van der Waals surface area contributed by atoms with Crippen molar-refractivity contribution in [1.29, 1.82) is 0 Å². The summed E-state index contributed by atoms with van der Waals surface area (Å²) in [5.74, 6) is -3.36. The number of fused-ring (bicyclic) bond motifs is 1. The van der Waals surface area contributed by atoms with Crippen LogP contribution in [0.3, 0.4) is 0 Å². The first-order valence-corrected chi connectivity index (χ1v) is 11.3. The second-order valence-corrected chi connectivity index (χ2v) is 9.09. The number of nitrogens with one attached hydrogen (secondary N) is 2. The van der Waals surface area contributed by atoms with Crippen molar-refractivity contribution in [2.75, 3.05) is 5.32 Å². The maximum Gasteiger partial charge on any atom is 0.326 e. The SMILES string of the molecule is CC(C)[C@H](NC(=O)c1ccc(-c2ccc(Nc3nc4ccc(F)cc4s3)cc2)cc1F)C(=O)O. The lowest BCUT2D eigenvalue weighted by molar-refractivity contribution is -0.140. The van der Waals surface area contributed by atoms with E-state index < -0.39 is 23.7 Å². The number of aromatic nitrogens is 1. The quantitative estimate of drug-likeness (QED) is 0.309. The molecule has 3 N–H and O–H groups in total. The second-order valence-electron chi connectivity index (χ2n) is 8.06. The smallest absolute Gasteiger partial charge is 0.326 e. The van der Waals surface area contributed by atoms with E-state index in [1.54, 1.807) is 50.2 Å². The van der Waals surface area contributed by atoms with Crippen molar-refractivity contribution in [1.82, 2.24) is 10.3 Å². The summed E-state index contributed by atoms with van der Waals surface area (Å²) in [4.78, 5) is 28.1. The Kier molecular flexibility index (Phi) is 6.56. The van der Waals surface area contributed by atoms with Crippen molar-refractivity contribution in [3.05, 3.63) is 77.9 Å². The highest BCUT2D eigenvalue weighted by Crippen LogP contribution is 2.30. The summed E-state index contributed by atoms with van der Waals surface area (Å²) >= 11 is 1.33. The van der Waals surface area contributed by atoms with Crippen LogP contribution in [0.4, 0.5) is 19.6 Å². The molecule has 0 bridgehead atoms. The van der Waals surface area contributed by atoms with Gasteiger partial charge in [-0.1, -0.05) is 43.4 Å². The third-order valence-corrected chi connectivity index (χ3v) is 6.19. The Morgan fingerprint density at radius 2 is 1.68 bits per heavy atom. The molecule has 3 aromatic carbocycles. The molecule has 0 aliphatic heterocycles. The lowest BCUT2D eigenvalue weighted by Gasteiger charge is -2.18. The van der Waals surface area contributed by atoms with E-state index in [4.69, 9.17) is 0 Å². The topological polar surface area (TPSA) is 91.3 Å². The lowest BCUT2D eigenvalue weighted by atomic mass is 10.0. The molecule has 4 aromatic rings. The van der Waals surface area contributed by atoms with Crippen molar-refractivity contribution in [3.8, 4) is 11.1 Å². The molecule has 1 amide bonds. The van der Waals surface area contributed by atoms with Crippen molar-refractivity contribution in [2.45, 2.75) is 19.9 Å². The summed E-state index contributed by atoms with van der Waals surface area (Å²) in [6, 6.07) is 14.7. The Balaban J connectivity index is 1.48. The van der Waals surface area contributed by atoms with Gasteiger partial charge in [0.2, 0.25) is 0 Å². The molecule has 0 unspecified atom stereocenters. The summed E-state index contributed by atoms with van der Waals surface area (Å²) in [5.41, 5.74) is 2.53. The molecule has 0 spiro atoms. The number of anilines is 2. The molecule has 1 atom stereocenters. The van der Waals surface area contributed by atoms with Gasteiger partial charge in [0.1, 0.15) is 17.7 Å². The highest BCUT2D eigenvalue weighted by molar-refractivity contribution is 7.22. The number of halogens is 2. The van der Waals surface area contributed by atoms with Gasteiger partial charge in [-0.3, -0.25) is 4.79 Å². The van der Waals surface area contributed by atoms with Crippen LogP contribution in [0, 0.1) is 17.6 Å². The van der Waals surface area contributed by atoms with Crippen LogP contribution in [-0.2, 0) is 4.79 Å². The molecule has 1 heterocycles. The van der Waals surface area contributed by atoms with E-state index in [9.17, 15) is 23.5 Å². The maximum absolute atomic E-state index is 14.7. The largest absolute Gasteiger partial charge is 0.480 e. The Morgan fingerprint density at radius 3 is 2.32 bits per heavy atom. The fraction of sp³-hybridized carbons (Fsp3) is 0.160. The summed E-state index contributed by atoms with van der Waals surface area (Å²) in [6.45, 7) is 3.32. The number of thiazole rings is 1. The van der Waals surface area contributed by atoms with E-state index in [0.717, 1.165) is 16.0 Å². The van der Waals surface area contributed by atoms with Gasteiger partial charge in [0.15, 0.2) is 5.13 Å². The van der Waals surface area contributed by atoms with Crippen LogP contribution in [0.25, 0.3) is 21.3 Å². The number of aliphatic carboxylic acids is 1. The number of carbonyl (C=O) groups excluding carboxylic acids is 1. The standard InChI is InChI=1S/C25H21F2N3O3S/c1-13(2)22(24(32)33)30-23(31)18-9-5-15(11-19(18)27)14-3-7-17(8-4-14)28-25-29-20-10-6-16(26)12-21(20)34-25/h3-13,22H,1-2H3,(H,28,29)(H,30,31)(H,32,33)/t22-/m0/s1. The highest BCUT2D eigenvalue weighted by Gasteiger charge is 2.25. The fourth-order valence-electron chi connectivity index (χ4n) is 3.43. The Labute approximate surface area is 198 Å². The van der Waals surface area contributed by atoms with Gasteiger partial charge in [0.25, 0.3) is 5.91 Å². The number of hydrogen-bond donors (Lipinski definition) is 3. The molecular weight excluding hydrogens is 460 g/mol. The van der Waals surface area contributed by atoms with Gasteiger partial charge in [0.05, 0.1) is 15.8 Å². The van der Waals surface area contributed by atoms with E-state index in [1.165, 1.54) is 35.6 Å². The highest BCUT2D eigenvalue weighted by atomic mass is 32.1. The van der Waals surface area contributed by atoms with E-state index in [-0.39, 0.29) is 17.3 Å². The maximum atomic E-state index is 14.7. The molecule has 9 heteroatoms. The first-order chi connectivity index (χ1) is 16.2. The molecule has 0 saturated heterocycles. The van der Waals surface area contributed by atoms with Crippen molar-refractivity contribution >= 4 is 44.2 Å². The zero-order valence-electron chi connectivity index (χ0n) is 18.3. The number of hydrogen-bond acceptors (Lipinski definition) is 5. The van der Waals surface area contributed by atoms with E-state index >= 15 is 0 Å². The number of rotatable bonds is 7. The van der Waals surface area contributed by atoms with Crippen molar-refractivity contribution in [3.63, 3.8) is 0 Å². The Morgan fingerprint density at radius 1 is 0.971 bits per heavy atom. The summed E-state index contributed by atoms with van der Waals surface area (Å²) < 4.78 is 28.8. The molecule has 0 aliphatic rings. The molecule has 0 radical (unpaired) electrons. The van der Waals surface area contributed by atoms with Crippen LogP contribution in [0.15, 0.2) is 60.7 Å². The molecule has 0 saturated carbocycles. The van der Waals surface area contributed by atoms with E-state index in [1.807, 2.05) is 0 Å². The van der Waals surface area contributed by atoms with Crippen LogP contribution < -0.4 is 10.6 Å². The van der Waals surface area contributed by atoms with E-state index in [2.05, 4.69) is 15.6 Å². The molecule has 0 aliphatic carbocycles. The van der Waals surface area contributed by atoms with Gasteiger partial charge in [-0.2, -0.15) is 0 Å². The predicted octanol–water partition coefficient (Wildman–Crippen LogP) is 5.82. The Hall–Kier alpha value is -3.85. The van der Waals surface area contributed by atoms with Gasteiger partial charge in [-0.25, -0.2) is 18.6 Å². The third kappa shape index (κ3) is 5.04. The average Bonchev–Trinajstić information content (AvgIpc) is 3.18. The second kappa shape index (κ2) is 9.56. The zero-order chi connectivity index (χ0) is 24.4. The predicted molar refractivity (Wildman–Crippen MR) is 128 cm³/mol. The molecule has 1 aromatic heterocycles. The zero-order valence-corrected chi connectivity index (χ0v) is 19.1. The van der Waals surface area contributed by atoms with E-state index in [0.29, 0.717) is 16.2 Å². The van der Waals surface area contributed by atoms with Crippen molar-refractivity contribution < 1.29 is 23.5 Å². The minimum atomic E-state index is -1.17. The van der Waals surface area contributed by atoms with Crippen LogP contribution in [0.2, 0.25) is 0 Å². The number of carboxylic acids is 1. The van der Waals surface area contributed by atoms with Crippen LogP contribution in [0.1, 0.15) is 24.2 Å². The van der Waals surface area contributed by atoms with Gasteiger partial charge in [0, 0.05) is 5.69 Å². The average molecular weight is 482 g/mol. The van der Waals surface area contributed by atoms with Gasteiger partial charge < -0.3 is 15.7 Å². The number of amides is 1. The number of nitrogens with zero attached hydrogens (tertiary/aromatic N) is 1. The number of carboxylic acid groups (broad SMARTS) is 1. The number of carbonyl (C=O) groups is 2. The van der Waals surface area contributed by atoms with Crippen LogP contribution in [0.5, 0.6) is 0 Å². The first-order valence-electron chi connectivity index (χ1n) is 10.5. The molecule has 6 nitrogen and oxygen atoms in total. The molecule has 174 valence electrons. The summed E-state index contributed by atoms with van der Waals surface area (Å²) in [7, 11) is 0. The van der Waals surface area contributed by atoms with Gasteiger partial charge >= 0.3 is 5.97 Å². The Bertz CT molecular complexity index is 1370. The number of benzene rings is 3.